The van der Waals surface area contributed by atoms with E-state index in [1.807, 2.05) is 12.1 Å². The smallest absolute Gasteiger partial charge is 0.138 e. The van der Waals surface area contributed by atoms with Crippen molar-refractivity contribution in [1.82, 2.24) is 0 Å². The lowest BCUT2D eigenvalue weighted by Crippen LogP contribution is -2.09. The van der Waals surface area contributed by atoms with E-state index in [-0.39, 0.29) is 25.4 Å². The van der Waals surface area contributed by atoms with E-state index in [2.05, 4.69) is 0 Å². The minimum atomic E-state index is -0.0344. The Balaban J connectivity index is 2.60. The summed E-state index contributed by atoms with van der Waals surface area (Å²) in [6, 6.07) is 8.72. The van der Waals surface area contributed by atoms with E-state index < -0.39 is 0 Å². The van der Waals surface area contributed by atoms with Crippen molar-refractivity contribution >= 4 is 0 Å². The topological polar surface area (TPSA) is 86.3 Å². The van der Waals surface area contributed by atoms with Gasteiger partial charge >= 0.3 is 0 Å². The molecule has 1 aromatic rings. The molecule has 1 rings (SSSR count). The van der Waals surface area contributed by atoms with Gasteiger partial charge < -0.3 is 14.6 Å². The molecular formula is C12H12N2O3. The predicted octanol–water partition coefficient (Wildman–Crippen LogP) is 0.818. The minimum Gasteiger partial charge on any atom is -0.490 e. The van der Waals surface area contributed by atoms with E-state index in [9.17, 15) is 0 Å². The van der Waals surface area contributed by atoms with Crippen molar-refractivity contribution in [2.24, 2.45) is 0 Å². The molecule has 0 aliphatic carbocycles. The van der Waals surface area contributed by atoms with Crippen LogP contribution in [0.1, 0.15) is 11.1 Å². The molecule has 0 saturated carbocycles. The molecule has 0 aliphatic heterocycles. The molecule has 17 heavy (non-hydrogen) atoms. The number of nitrogens with zero attached hydrogens (tertiary/aromatic N) is 2. The fourth-order valence-electron chi connectivity index (χ4n) is 1.24. The van der Waals surface area contributed by atoms with Gasteiger partial charge in [-0.3, -0.25) is 0 Å². The number of nitriles is 2. The predicted molar refractivity (Wildman–Crippen MR) is 59.3 cm³/mol. The molecule has 0 spiro atoms. The number of ether oxygens (including phenoxy) is 2. The summed E-state index contributed by atoms with van der Waals surface area (Å²) in [7, 11) is 0. The molecule has 88 valence electrons. The third-order valence-electron chi connectivity index (χ3n) is 1.98. The van der Waals surface area contributed by atoms with Gasteiger partial charge in [0.15, 0.2) is 0 Å². The number of hydrogen-bond donors (Lipinski definition) is 1. The van der Waals surface area contributed by atoms with Gasteiger partial charge in [0.2, 0.25) is 0 Å². The molecule has 0 saturated heterocycles. The van der Waals surface area contributed by atoms with E-state index in [0.717, 1.165) is 0 Å². The van der Waals surface area contributed by atoms with E-state index in [1.54, 1.807) is 18.2 Å². The second kappa shape index (κ2) is 7.24. The van der Waals surface area contributed by atoms with Crippen LogP contribution in [0.25, 0.3) is 0 Å². The van der Waals surface area contributed by atoms with Crippen LogP contribution >= 0.6 is 0 Å². The first-order chi connectivity index (χ1) is 8.33. The molecule has 0 amide bonds. The normalized spacial score (nSPS) is 9.35. The van der Waals surface area contributed by atoms with Crippen LogP contribution < -0.4 is 4.74 Å². The zero-order valence-corrected chi connectivity index (χ0v) is 9.22. The monoisotopic (exact) mass is 232 g/mol. The molecule has 0 aromatic heterocycles. The molecule has 0 aliphatic rings. The second-order valence-corrected chi connectivity index (χ2v) is 3.09. The van der Waals surface area contributed by atoms with Gasteiger partial charge in [-0.1, -0.05) is 6.07 Å². The summed E-state index contributed by atoms with van der Waals surface area (Å²) in [5, 5.41) is 26.2. The Hall–Kier alpha value is -2.08. The first-order valence-electron chi connectivity index (χ1n) is 5.08. The number of aliphatic hydroxyl groups excluding tert-OH is 1. The highest BCUT2D eigenvalue weighted by Crippen LogP contribution is 2.20. The third-order valence-corrected chi connectivity index (χ3v) is 1.98. The van der Waals surface area contributed by atoms with Gasteiger partial charge in [-0.05, 0) is 12.1 Å². The highest BCUT2D eigenvalue weighted by atomic mass is 16.5. The molecule has 0 unspecified atom stereocenters. The van der Waals surface area contributed by atoms with Gasteiger partial charge in [0.1, 0.15) is 30.1 Å². The standard InChI is InChI=1S/C12H12N2O3/c13-8-10-2-1-3-12(11(10)9-14)17-7-6-16-5-4-15/h1-3,15H,4-7H2. The molecular weight excluding hydrogens is 220 g/mol. The second-order valence-electron chi connectivity index (χ2n) is 3.09. The Morgan fingerprint density at radius 3 is 2.59 bits per heavy atom. The van der Waals surface area contributed by atoms with E-state index in [1.165, 1.54) is 0 Å². The molecule has 0 bridgehead atoms. The van der Waals surface area contributed by atoms with Crippen molar-refractivity contribution in [3.63, 3.8) is 0 Å². The number of benzene rings is 1. The van der Waals surface area contributed by atoms with E-state index in [4.69, 9.17) is 25.1 Å². The summed E-state index contributed by atoms with van der Waals surface area (Å²) < 4.78 is 10.3. The lowest BCUT2D eigenvalue weighted by molar-refractivity contribution is 0.0704. The Labute approximate surface area is 99.4 Å². The van der Waals surface area contributed by atoms with Crippen molar-refractivity contribution in [2.45, 2.75) is 0 Å². The Kier molecular flexibility index (Phi) is 5.53. The van der Waals surface area contributed by atoms with E-state index >= 15 is 0 Å². The summed E-state index contributed by atoms with van der Waals surface area (Å²) in [6.45, 7) is 0.811. The minimum absolute atomic E-state index is 0.0344. The number of aliphatic hydroxyl groups is 1. The molecule has 0 fully saturated rings. The van der Waals surface area contributed by atoms with Gasteiger partial charge in [-0.2, -0.15) is 10.5 Å². The van der Waals surface area contributed by atoms with E-state index in [0.29, 0.717) is 17.9 Å². The van der Waals surface area contributed by atoms with Gasteiger partial charge in [0.25, 0.3) is 0 Å². The van der Waals surface area contributed by atoms with Crippen LogP contribution in [0.2, 0.25) is 0 Å². The molecule has 5 heteroatoms. The quantitative estimate of drug-likeness (QED) is 0.734. The SMILES string of the molecule is N#Cc1cccc(OCCOCCO)c1C#N. The highest BCUT2D eigenvalue weighted by Gasteiger charge is 2.08. The Bertz CT molecular complexity index is 446. The van der Waals surface area contributed by atoms with Crippen molar-refractivity contribution in [1.29, 1.82) is 10.5 Å². The molecule has 5 nitrogen and oxygen atoms in total. The number of rotatable bonds is 6. The third kappa shape index (κ3) is 3.76. The average Bonchev–Trinajstić information content (AvgIpc) is 2.38. The summed E-state index contributed by atoms with van der Waals surface area (Å²) in [5.41, 5.74) is 0.526. The first-order valence-corrected chi connectivity index (χ1v) is 5.08. The summed E-state index contributed by atoms with van der Waals surface area (Å²) >= 11 is 0. The molecule has 0 atom stereocenters. The lowest BCUT2D eigenvalue weighted by Gasteiger charge is -2.08. The van der Waals surface area contributed by atoms with Crippen LogP contribution in [0.15, 0.2) is 18.2 Å². The van der Waals surface area contributed by atoms with Gasteiger partial charge in [-0.15, -0.1) is 0 Å². The van der Waals surface area contributed by atoms with Crippen LogP contribution in [0.3, 0.4) is 0 Å². The average molecular weight is 232 g/mol. The molecule has 0 radical (unpaired) electrons. The van der Waals surface area contributed by atoms with Gasteiger partial charge in [0.05, 0.1) is 25.4 Å². The fourth-order valence-corrected chi connectivity index (χ4v) is 1.24. The maximum atomic E-state index is 8.93. The summed E-state index contributed by atoms with van der Waals surface area (Å²) in [6.07, 6.45) is 0. The van der Waals surface area contributed by atoms with Crippen LogP contribution in [-0.4, -0.2) is 31.5 Å². The van der Waals surface area contributed by atoms with Gasteiger partial charge in [0, 0.05) is 0 Å². The summed E-state index contributed by atoms with van der Waals surface area (Å²) in [5.74, 6) is 0.374. The Morgan fingerprint density at radius 2 is 1.94 bits per heavy atom. The fraction of sp³-hybridized carbons (Fsp3) is 0.333. The largest absolute Gasteiger partial charge is 0.490 e. The van der Waals surface area contributed by atoms with Crippen molar-refractivity contribution in [3.05, 3.63) is 29.3 Å². The zero-order valence-electron chi connectivity index (χ0n) is 9.22. The Morgan fingerprint density at radius 1 is 1.12 bits per heavy atom. The molecule has 1 N–H and O–H groups in total. The lowest BCUT2D eigenvalue weighted by atomic mass is 10.1. The van der Waals surface area contributed by atoms with Crippen LogP contribution in [-0.2, 0) is 4.74 Å². The number of hydrogen-bond acceptors (Lipinski definition) is 5. The highest BCUT2D eigenvalue weighted by molar-refractivity contribution is 5.53. The van der Waals surface area contributed by atoms with Gasteiger partial charge in [-0.25, -0.2) is 0 Å². The van der Waals surface area contributed by atoms with Crippen LogP contribution in [0, 0.1) is 22.7 Å². The summed E-state index contributed by atoms with van der Waals surface area (Å²) in [4.78, 5) is 0. The maximum absolute atomic E-state index is 8.93. The maximum Gasteiger partial charge on any atom is 0.138 e. The van der Waals surface area contributed by atoms with Crippen LogP contribution in [0.5, 0.6) is 5.75 Å². The molecule has 0 heterocycles. The first kappa shape index (κ1) is 13.0. The molecule has 1 aromatic carbocycles. The van der Waals surface area contributed by atoms with Crippen LogP contribution in [0.4, 0.5) is 0 Å². The van der Waals surface area contributed by atoms with Crippen molar-refractivity contribution < 1.29 is 14.6 Å². The zero-order chi connectivity index (χ0) is 12.5. The van der Waals surface area contributed by atoms with Crippen molar-refractivity contribution in [2.75, 3.05) is 26.4 Å². The van der Waals surface area contributed by atoms with Crippen molar-refractivity contribution in [3.8, 4) is 17.9 Å².